The van der Waals surface area contributed by atoms with Crippen LogP contribution >= 0.6 is 34.8 Å². The van der Waals surface area contributed by atoms with Gasteiger partial charge in [0.25, 0.3) is 0 Å². The number of hydrogen-bond donors (Lipinski definition) is 1. The summed E-state index contributed by atoms with van der Waals surface area (Å²) in [4.78, 5) is 0. The Morgan fingerprint density at radius 1 is 1.00 bits per heavy atom. The topological polar surface area (TPSA) is 12.0 Å². The Hall–Kier alpha value is -0.730. The van der Waals surface area contributed by atoms with E-state index in [1.165, 1.54) is 5.56 Å². The maximum atomic E-state index is 6.30. The highest BCUT2D eigenvalue weighted by Gasteiger charge is 2.14. The molecule has 0 aromatic heterocycles. The van der Waals surface area contributed by atoms with E-state index in [2.05, 4.69) is 12.2 Å². The lowest BCUT2D eigenvalue weighted by Crippen LogP contribution is -2.24. The quantitative estimate of drug-likeness (QED) is 0.686. The second-order valence-electron chi connectivity index (χ2n) is 4.98. The third kappa shape index (κ3) is 4.62. The van der Waals surface area contributed by atoms with Crippen molar-refractivity contribution in [3.63, 3.8) is 0 Å². The van der Waals surface area contributed by atoms with Gasteiger partial charge in [0.1, 0.15) is 0 Å². The minimum atomic E-state index is 0.193. The van der Waals surface area contributed by atoms with Crippen LogP contribution in [0.25, 0.3) is 0 Å². The highest BCUT2D eigenvalue weighted by Crippen LogP contribution is 2.29. The fourth-order valence-electron chi connectivity index (χ4n) is 2.25. The van der Waals surface area contributed by atoms with Crippen molar-refractivity contribution in [2.24, 2.45) is 0 Å². The molecule has 0 aliphatic rings. The first-order valence-corrected chi connectivity index (χ1v) is 8.17. The number of nitrogens with one attached hydrogen (secondary N) is 1. The first-order chi connectivity index (χ1) is 10.1. The molecule has 1 atom stereocenters. The molecular formula is C17H18Cl3N. The van der Waals surface area contributed by atoms with Gasteiger partial charge < -0.3 is 5.32 Å². The number of rotatable bonds is 6. The summed E-state index contributed by atoms with van der Waals surface area (Å²) in [7, 11) is 0. The van der Waals surface area contributed by atoms with Gasteiger partial charge in [-0.05, 0) is 48.7 Å². The third-order valence-electron chi connectivity index (χ3n) is 3.37. The number of hydrogen-bond acceptors (Lipinski definition) is 1. The molecule has 4 heteroatoms. The molecule has 0 spiro atoms. The fraction of sp³-hybridized carbons (Fsp3) is 0.294. The van der Waals surface area contributed by atoms with Gasteiger partial charge in [0, 0.05) is 11.1 Å². The lowest BCUT2D eigenvalue weighted by atomic mass is 9.98. The molecular weight excluding hydrogens is 325 g/mol. The smallest absolute Gasteiger partial charge is 0.0624 e. The SMILES string of the molecule is CCCNC(Cc1cccc(Cl)c1Cl)c1ccc(Cl)cc1. The summed E-state index contributed by atoms with van der Waals surface area (Å²) in [5.41, 5.74) is 2.25. The second-order valence-corrected chi connectivity index (χ2v) is 6.20. The summed E-state index contributed by atoms with van der Waals surface area (Å²) in [5, 5.41) is 5.53. The van der Waals surface area contributed by atoms with Crippen molar-refractivity contribution in [2.75, 3.05) is 6.54 Å². The Morgan fingerprint density at radius 3 is 2.38 bits per heavy atom. The summed E-state index contributed by atoms with van der Waals surface area (Å²) < 4.78 is 0. The van der Waals surface area contributed by atoms with Crippen LogP contribution in [0.5, 0.6) is 0 Å². The average molecular weight is 343 g/mol. The molecule has 2 aromatic rings. The molecule has 0 saturated carbocycles. The van der Waals surface area contributed by atoms with Crippen LogP contribution in [0.15, 0.2) is 42.5 Å². The molecule has 1 N–H and O–H groups in total. The predicted molar refractivity (Wildman–Crippen MR) is 92.7 cm³/mol. The molecule has 0 fully saturated rings. The van der Waals surface area contributed by atoms with Gasteiger partial charge in [-0.15, -0.1) is 0 Å². The molecule has 21 heavy (non-hydrogen) atoms. The zero-order chi connectivity index (χ0) is 15.2. The summed E-state index contributed by atoms with van der Waals surface area (Å²) in [6.45, 7) is 3.10. The Labute approximate surface area is 141 Å². The van der Waals surface area contributed by atoms with Crippen LogP contribution in [0.1, 0.15) is 30.5 Å². The maximum Gasteiger partial charge on any atom is 0.0624 e. The Morgan fingerprint density at radius 2 is 1.71 bits per heavy atom. The summed E-state index contributed by atoms with van der Waals surface area (Å²) >= 11 is 18.4. The minimum Gasteiger partial charge on any atom is -0.310 e. The zero-order valence-corrected chi connectivity index (χ0v) is 14.1. The molecule has 0 radical (unpaired) electrons. The van der Waals surface area contributed by atoms with E-state index in [1.807, 2.05) is 42.5 Å². The summed E-state index contributed by atoms with van der Waals surface area (Å²) in [6.07, 6.45) is 1.87. The van der Waals surface area contributed by atoms with Gasteiger partial charge in [0.15, 0.2) is 0 Å². The van der Waals surface area contributed by atoms with Crippen LogP contribution in [0, 0.1) is 0 Å². The summed E-state index contributed by atoms with van der Waals surface area (Å²) in [6, 6.07) is 13.9. The van der Waals surface area contributed by atoms with Crippen molar-refractivity contribution < 1.29 is 0 Å². The first-order valence-electron chi connectivity index (χ1n) is 7.03. The highest BCUT2D eigenvalue weighted by molar-refractivity contribution is 6.42. The van der Waals surface area contributed by atoms with E-state index in [0.29, 0.717) is 10.0 Å². The molecule has 0 aliphatic carbocycles. The van der Waals surface area contributed by atoms with Crippen molar-refractivity contribution in [3.05, 3.63) is 68.7 Å². The molecule has 0 bridgehead atoms. The maximum absolute atomic E-state index is 6.30. The van der Waals surface area contributed by atoms with Crippen LogP contribution in [0.2, 0.25) is 15.1 Å². The van der Waals surface area contributed by atoms with Crippen molar-refractivity contribution in [1.82, 2.24) is 5.32 Å². The first kappa shape index (κ1) is 16.6. The van der Waals surface area contributed by atoms with E-state index < -0.39 is 0 Å². The molecule has 0 aliphatic heterocycles. The lowest BCUT2D eigenvalue weighted by molar-refractivity contribution is 0.529. The molecule has 2 aromatic carbocycles. The third-order valence-corrected chi connectivity index (χ3v) is 4.48. The van der Waals surface area contributed by atoms with Crippen molar-refractivity contribution in [2.45, 2.75) is 25.8 Å². The lowest BCUT2D eigenvalue weighted by Gasteiger charge is -2.20. The molecule has 112 valence electrons. The minimum absolute atomic E-state index is 0.193. The van der Waals surface area contributed by atoms with E-state index >= 15 is 0 Å². The van der Waals surface area contributed by atoms with Gasteiger partial charge in [-0.25, -0.2) is 0 Å². The predicted octanol–water partition coefficient (Wildman–Crippen LogP) is 5.93. The number of benzene rings is 2. The summed E-state index contributed by atoms with van der Waals surface area (Å²) in [5.74, 6) is 0. The Bertz CT molecular complexity index is 581. The standard InChI is InChI=1S/C17H18Cl3N/c1-2-10-21-16(12-6-8-14(18)9-7-12)11-13-4-3-5-15(19)17(13)20/h3-9,16,21H,2,10-11H2,1H3. The fourth-order valence-corrected chi connectivity index (χ4v) is 2.77. The molecule has 0 saturated heterocycles. The molecule has 0 amide bonds. The van der Waals surface area contributed by atoms with Crippen LogP contribution in [-0.2, 0) is 6.42 Å². The Kier molecular flexibility index (Phi) is 6.38. The van der Waals surface area contributed by atoms with Gasteiger partial charge in [0.05, 0.1) is 10.0 Å². The second kappa shape index (κ2) is 8.05. The molecule has 1 unspecified atom stereocenters. The molecule has 1 nitrogen and oxygen atoms in total. The van der Waals surface area contributed by atoms with Crippen molar-refractivity contribution in [3.8, 4) is 0 Å². The van der Waals surface area contributed by atoms with Gasteiger partial charge >= 0.3 is 0 Å². The zero-order valence-electron chi connectivity index (χ0n) is 11.9. The molecule has 2 rings (SSSR count). The molecule has 0 heterocycles. The van der Waals surface area contributed by atoms with Crippen LogP contribution in [0.4, 0.5) is 0 Å². The average Bonchev–Trinajstić information content (AvgIpc) is 2.49. The Balaban J connectivity index is 2.23. The normalized spacial score (nSPS) is 12.4. The monoisotopic (exact) mass is 341 g/mol. The van der Waals surface area contributed by atoms with E-state index in [1.54, 1.807) is 0 Å². The van der Waals surface area contributed by atoms with Crippen molar-refractivity contribution in [1.29, 1.82) is 0 Å². The van der Waals surface area contributed by atoms with E-state index in [-0.39, 0.29) is 6.04 Å². The van der Waals surface area contributed by atoms with Crippen LogP contribution in [0.3, 0.4) is 0 Å². The van der Waals surface area contributed by atoms with E-state index in [0.717, 1.165) is 30.0 Å². The highest BCUT2D eigenvalue weighted by atomic mass is 35.5. The van der Waals surface area contributed by atoms with Crippen molar-refractivity contribution >= 4 is 34.8 Å². The van der Waals surface area contributed by atoms with E-state index in [9.17, 15) is 0 Å². The van der Waals surface area contributed by atoms with Gasteiger partial charge in [0.2, 0.25) is 0 Å². The van der Waals surface area contributed by atoms with E-state index in [4.69, 9.17) is 34.8 Å². The number of halogens is 3. The van der Waals surface area contributed by atoms with Gasteiger partial charge in [-0.3, -0.25) is 0 Å². The largest absolute Gasteiger partial charge is 0.310 e. The van der Waals surface area contributed by atoms with Gasteiger partial charge in [-0.1, -0.05) is 66.0 Å². The van der Waals surface area contributed by atoms with Crippen LogP contribution < -0.4 is 5.32 Å². The van der Waals surface area contributed by atoms with Gasteiger partial charge in [-0.2, -0.15) is 0 Å². The van der Waals surface area contributed by atoms with Crippen LogP contribution in [-0.4, -0.2) is 6.54 Å².